The smallest absolute Gasteiger partial charge is 0.230 e. The lowest BCUT2D eigenvalue weighted by Gasteiger charge is -2.49. The van der Waals surface area contributed by atoms with Crippen molar-refractivity contribution < 1.29 is 4.79 Å². The molecule has 2 heterocycles. The molecule has 1 amide bonds. The zero-order chi connectivity index (χ0) is 17.1. The number of anilines is 1. The fourth-order valence-corrected chi connectivity index (χ4v) is 4.12. The molecule has 2 aliphatic rings. The van der Waals surface area contributed by atoms with Crippen molar-refractivity contribution in [1.82, 2.24) is 10.3 Å². The summed E-state index contributed by atoms with van der Waals surface area (Å²) in [7, 11) is 0. The van der Waals surface area contributed by atoms with Crippen molar-refractivity contribution in [2.75, 3.05) is 18.0 Å². The Hall–Kier alpha value is -2.20. The van der Waals surface area contributed by atoms with E-state index in [4.69, 9.17) is 0 Å². The SMILES string of the molecule is O=C(C1CCC1)N(c1ccncc1)[C@]1(c2ccccc2)CCCNC1. The Bertz CT molecular complexity index is 706. The largest absolute Gasteiger partial charge is 0.314 e. The number of nitrogens with zero attached hydrogens (tertiary/aromatic N) is 2. The molecule has 4 rings (SSSR count). The maximum atomic E-state index is 13.5. The van der Waals surface area contributed by atoms with Crippen LogP contribution >= 0.6 is 0 Å². The molecule has 1 N–H and O–H groups in total. The molecule has 1 aliphatic carbocycles. The topological polar surface area (TPSA) is 45.2 Å². The highest BCUT2D eigenvalue weighted by Gasteiger charge is 2.45. The quantitative estimate of drug-likeness (QED) is 0.930. The number of pyridine rings is 1. The van der Waals surface area contributed by atoms with Gasteiger partial charge in [0.05, 0.1) is 5.54 Å². The van der Waals surface area contributed by atoms with Gasteiger partial charge in [-0.1, -0.05) is 36.8 Å². The molecule has 2 fully saturated rings. The number of hydrogen-bond acceptors (Lipinski definition) is 3. The van der Waals surface area contributed by atoms with Gasteiger partial charge in [0.1, 0.15) is 0 Å². The Balaban J connectivity index is 1.83. The summed E-state index contributed by atoms with van der Waals surface area (Å²) in [6.07, 6.45) is 8.80. The first kappa shape index (κ1) is 16.3. The molecule has 1 aromatic carbocycles. The number of benzene rings is 1. The molecule has 1 saturated heterocycles. The van der Waals surface area contributed by atoms with Gasteiger partial charge in [0, 0.05) is 30.5 Å². The molecule has 0 unspecified atom stereocenters. The molecule has 1 saturated carbocycles. The fraction of sp³-hybridized carbons (Fsp3) is 0.429. The maximum absolute atomic E-state index is 13.5. The van der Waals surface area contributed by atoms with Crippen LogP contribution in [0.15, 0.2) is 54.9 Å². The first-order valence-electron chi connectivity index (χ1n) is 9.32. The number of rotatable bonds is 4. The standard InChI is InChI=1S/C21H25N3O/c25-20(17-6-4-7-17)24(19-10-14-22-15-11-19)21(12-5-13-23-16-21)18-8-2-1-3-9-18/h1-3,8-11,14-15,17,23H,4-7,12-13,16H2/t21-/m1/s1. The number of aromatic nitrogens is 1. The molecule has 25 heavy (non-hydrogen) atoms. The summed E-state index contributed by atoms with van der Waals surface area (Å²) in [5.41, 5.74) is 1.85. The van der Waals surface area contributed by atoms with E-state index in [9.17, 15) is 4.79 Å². The molecule has 0 radical (unpaired) electrons. The molecule has 4 nitrogen and oxygen atoms in total. The fourth-order valence-electron chi connectivity index (χ4n) is 4.12. The summed E-state index contributed by atoms with van der Waals surface area (Å²) in [6, 6.07) is 14.4. The minimum Gasteiger partial charge on any atom is -0.314 e. The average molecular weight is 335 g/mol. The third kappa shape index (κ3) is 2.95. The van der Waals surface area contributed by atoms with Crippen LogP contribution in [0.1, 0.15) is 37.7 Å². The lowest BCUT2D eigenvalue weighted by molar-refractivity contribution is -0.126. The maximum Gasteiger partial charge on any atom is 0.230 e. The van der Waals surface area contributed by atoms with E-state index in [1.807, 2.05) is 18.2 Å². The van der Waals surface area contributed by atoms with Gasteiger partial charge in [0.2, 0.25) is 5.91 Å². The Morgan fingerprint density at radius 2 is 1.84 bits per heavy atom. The Labute approximate surface area is 149 Å². The van der Waals surface area contributed by atoms with Crippen LogP contribution < -0.4 is 10.2 Å². The van der Waals surface area contributed by atoms with Gasteiger partial charge in [-0.15, -0.1) is 0 Å². The highest BCUT2D eigenvalue weighted by Crippen LogP contribution is 2.41. The van der Waals surface area contributed by atoms with Crippen LogP contribution in [0.5, 0.6) is 0 Å². The molecule has 0 spiro atoms. The molecule has 2 aromatic rings. The first-order chi connectivity index (χ1) is 12.3. The van der Waals surface area contributed by atoms with Gasteiger partial charge < -0.3 is 10.2 Å². The third-order valence-electron chi connectivity index (χ3n) is 5.70. The van der Waals surface area contributed by atoms with Crippen LogP contribution in [0.3, 0.4) is 0 Å². The van der Waals surface area contributed by atoms with Crippen LogP contribution in [0.4, 0.5) is 5.69 Å². The van der Waals surface area contributed by atoms with Crippen LogP contribution in [-0.2, 0) is 10.3 Å². The zero-order valence-electron chi connectivity index (χ0n) is 14.5. The van der Waals surface area contributed by atoms with E-state index >= 15 is 0 Å². The molecule has 4 heteroatoms. The van der Waals surface area contributed by atoms with E-state index in [0.717, 1.165) is 50.9 Å². The Morgan fingerprint density at radius 1 is 1.08 bits per heavy atom. The van der Waals surface area contributed by atoms with Gasteiger partial charge in [0.25, 0.3) is 0 Å². The average Bonchev–Trinajstić information content (AvgIpc) is 2.63. The number of carbonyl (C=O) groups is 1. The number of hydrogen-bond donors (Lipinski definition) is 1. The van der Waals surface area contributed by atoms with Crippen molar-refractivity contribution in [3.8, 4) is 0 Å². The van der Waals surface area contributed by atoms with Gasteiger partial charge >= 0.3 is 0 Å². The summed E-state index contributed by atoms with van der Waals surface area (Å²) >= 11 is 0. The van der Waals surface area contributed by atoms with Gasteiger partial charge in [-0.05, 0) is 49.9 Å². The van der Waals surface area contributed by atoms with Crippen molar-refractivity contribution in [3.05, 3.63) is 60.4 Å². The van der Waals surface area contributed by atoms with E-state index in [2.05, 4.69) is 39.5 Å². The van der Waals surface area contributed by atoms with Crippen LogP contribution in [0.25, 0.3) is 0 Å². The van der Waals surface area contributed by atoms with Crippen molar-refractivity contribution >= 4 is 11.6 Å². The number of nitrogens with one attached hydrogen (secondary N) is 1. The van der Waals surface area contributed by atoms with Gasteiger partial charge in [-0.2, -0.15) is 0 Å². The summed E-state index contributed by atoms with van der Waals surface area (Å²) in [5, 5.41) is 3.54. The molecule has 0 bridgehead atoms. The number of amides is 1. The molecule has 130 valence electrons. The van der Waals surface area contributed by atoms with Gasteiger partial charge in [-0.25, -0.2) is 0 Å². The number of piperidine rings is 1. The summed E-state index contributed by atoms with van der Waals surface area (Å²) < 4.78 is 0. The lowest BCUT2D eigenvalue weighted by atomic mass is 9.77. The highest BCUT2D eigenvalue weighted by atomic mass is 16.2. The lowest BCUT2D eigenvalue weighted by Crippen LogP contribution is -2.59. The third-order valence-corrected chi connectivity index (χ3v) is 5.70. The van der Waals surface area contributed by atoms with E-state index in [-0.39, 0.29) is 17.4 Å². The molecular formula is C21H25N3O. The predicted octanol–water partition coefficient (Wildman–Crippen LogP) is 3.49. The number of carbonyl (C=O) groups excluding carboxylic acids is 1. The van der Waals surface area contributed by atoms with Crippen molar-refractivity contribution in [2.45, 2.75) is 37.6 Å². The van der Waals surface area contributed by atoms with Crippen LogP contribution in [0, 0.1) is 5.92 Å². The van der Waals surface area contributed by atoms with Crippen LogP contribution in [-0.4, -0.2) is 24.0 Å². The van der Waals surface area contributed by atoms with Crippen molar-refractivity contribution in [3.63, 3.8) is 0 Å². The van der Waals surface area contributed by atoms with Gasteiger partial charge in [0.15, 0.2) is 0 Å². The second-order valence-corrected chi connectivity index (χ2v) is 7.18. The molecule has 1 atom stereocenters. The van der Waals surface area contributed by atoms with E-state index in [1.165, 1.54) is 5.56 Å². The van der Waals surface area contributed by atoms with Gasteiger partial charge in [-0.3, -0.25) is 9.78 Å². The first-order valence-corrected chi connectivity index (χ1v) is 9.32. The minimum absolute atomic E-state index is 0.163. The van der Waals surface area contributed by atoms with Crippen molar-refractivity contribution in [1.29, 1.82) is 0 Å². The molecule has 1 aliphatic heterocycles. The molecule has 1 aromatic heterocycles. The monoisotopic (exact) mass is 335 g/mol. The van der Waals surface area contributed by atoms with E-state index in [1.54, 1.807) is 12.4 Å². The second-order valence-electron chi connectivity index (χ2n) is 7.18. The summed E-state index contributed by atoms with van der Waals surface area (Å²) in [4.78, 5) is 19.7. The highest BCUT2D eigenvalue weighted by molar-refractivity contribution is 5.97. The zero-order valence-corrected chi connectivity index (χ0v) is 14.5. The predicted molar refractivity (Wildman–Crippen MR) is 99.3 cm³/mol. The Kier molecular flexibility index (Phi) is 4.53. The minimum atomic E-state index is -0.326. The summed E-state index contributed by atoms with van der Waals surface area (Å²) in [5.74, 6) is 0.431. The normalized spacial score (nSPS) is 23.7. The summed E-state index contributed by atoms with van der Waals surface area (Å²) in [6.45, 7) is 1.80. The Morgan fingerprint density at radius 3 is 2.44 bits per heavy atom. The van der Waals surface area contributed by atoms with E-state index in [0.29, 0.717) is 0 Å². The molecular weight excluding hydrogens is 310 g/mol. The van der Waals surface area contributed by atoms with E-state index < -0.39 is 0 Å². The van der Waals surface area contributed by atoms with Crippen molar-refractivity contribution in [2.24, 2.45) is 5.92 Å². The second kappa shape index (κ2) is 6.96. The van der Waals surface area contributed by atoms with Crippen LogP contribution in [0.2, 0.25) is 0 Å².